The molecule has 0 aromatic carbocycles. The zero-order chi connectivity index (χ0) is 12.1. The summed E-state index contributed by atoms with van der Waals surface area (Å²) in [6, 6.07) is 2.94. The number of carbonyl (C=O) groups is 1. The van der Waals surface area contributed by atoms with E-state index in [0.29, 0.717) is 5.52 Å². The van der Waals surface area contributed by atoms with Gasteiger partial charge in [0.25, 0.3) is 5.91 Å². The molecule has 5 N–H and O–H groups in total. The lowest BCUT2D eigenvalue weighted by Gasteiger charge is -1.99. The maximum atomic E-state index is 11.4. The third kappa shape index (κ3) is 2.06. The highest BCUT2D eigenvalue weighted by atomic mass is 16.1. The standard InChI is InChI=1S/C9H7N3O2.CH5N/c10-9(14)8-7-5(1-3-12-8)11-4-2-6(7)13;1-2/h1-4H,(H2,10,14)(H,11,13);2H2,1H3. The van der Waals surface area contributed by atoms with Gasteiger partial charge in [0, 0.05) is 18.5 Å². The van der Waals surface area contributed by atoms with Crippen molar-refractivity contribution in [1.29, 1.82) is 0 Å². The molecule has 0 aliphatic heterocycles. The van der Waals surface area contributed by atoms with Crippen molar-refractivity contribution in [1.82, 2.24) is 9.97 Å². The summed E-state index contributed by atoms with van der Waals surface area (Å²) in [7, 11) is 1.50. The Bertz CT molecular complexity index is 557. The minimum absolute atomic E-state index is 0.00403. The van der Waals surface area contributed by atoms with Crippen LogP contribution >= 0.6 is 0 Å². The summed E-state index contributed by atoms with van der Waals surface area (Å²) in [6.07, 6.45) is 2.94. The molecule has 0 spiro atoms. The molecule has 84 valence electrons. The molecule has 0 atom stereocenters. The van der Waals surface area contributed by atoms with E-state index in [1.807, 2.05) is 0 Å². The van der Waals surface area contributed by atoms with Crippen molar-refractivity contribution in [2.45, 2.75) is 0 Å². The smallest absolute Gasteiger partial charge is 0.268 e. The van der Waals surface area contributed by atoms with Crippen molar-refractivity contribution in [3.8, 4) is 0 Å². The number of H-pyrrole nitrogens is 1. The molecule has 0 saturated heterocycles. The quantitative estimate of drug-likeness (QED) is 0.606. The highest BCUT2D eigenvalue weighted by Gasteiger charge is 2.10. The Balaban J connectivity index is 0.000000606. The number of nitrogens with zero attached hydrogens (tertiary/aromatic N) is 1. The van der Waals surface area contributed by atoms with Gasteiger partial charge in [-0.2, -0.15) is 0 Å². The van der Waals surface area contributed by atoms with Crippen LogP contribution in [0.15, 0.2) is 29.3 Å². The van der Waals surface area contributed by atoms with Crippen molar-refractivity contribution < 1.29 is 4.79 Å². The monoisotopic (exact) mass is 220 g/mol. The van der Waals surface area contributed by atoms with Gasteiger partial charge in [-0.3, -0.25) is 14.6 Å². The van der Waals surface area contributed by atoms with Crippen molar-refractivity contribution in [2.75, 3.05) is 7.05 Å². The van der Waals surface area contributed by atoms with Gasteiger partial charge >= 0.3 is 0 Å². The molecule has 0 unspecified atom stereocenters. The Morgan fingerprint density at radius 1 is 1.38 bits per heavy atom. The van der Waals surface area contributed by atoms with Gasteiger partial charge in [-0.25, -0.2) is 0 Å². The third-order valence-corrected chi connectivity index (χ3v) is 1.90. The Labute approximate surface area is 91.3 Å². The number of hydrogen-bond donors (Lipinski definition) is 3. The van der Waals surface area contributed by atoms with Crippen molar-refractivity contribution in [3.63, 3.8) is 0 Å². The largest absolute Gasteiger partial charge is 0.364 e. The summed E-state index contributed by atoms with van der Waals surface area (Å²) < 4.78 is 0. The van der Waals surface area contributed by atoms with Crippen molar-refractivity contribution in [3.05, 3.63) is 40.4 Å². The lowest BCUT2D eigenvalue weighted by molar-refractivity contribution is 0.0997. The van der Waals surface area contributed by atoms with E-state index in [-0.39, 0.29) is 16.5 Å². The third-order valence-electron chi connectivity index (χ3n) is 1.90. The number of hydrogen-bond acceptors (Lipinski definition) is 4. The predicted octanol–water partition coefficient (Wildman–Crippen LogP) is -0.403. The van der Waals surface area contributed by atoms with E-state index in [2.05, 4.69) is 15.7 Å². The van der Waals surface area contributed by atoms with Crippen LogP contribution in [-0.4, -0.2) is 22.9 Å². The number of carbonyl (C=O) groups excluding carboxylic acids is 1. The van der Waals surface area contributed by atoms with Crippen LogP contribution in [0.5, 0.6) is 0 Å². The van der Waals surface area contributed by atoms with E-state index in [4.69, 9.17) is 5.73 Å². The lowest BCUT2D eigenvalue weighted by atomic mass is 10.2. The summed E-state index contributed by atoms with van der Waals surface area (Å²) in [4.78, 5) is 29.0. The maximum Gasteiger partial charge on any atom is 0.268 e. The molecule has 0 fully saturated rings. The second kappa shape index (κ2) is 5.04. The molecule has 0 bridgehead atoms. The zero-order valence-corrected chi connectivity index (χ0v) is 8.73. The number of aromatic nitrogens is 2. The molecule has 0 saturated carbocycles. The van der Waals surface area contributed by atoms with Crippen LogP contribution in [0.3, 0.4) is 0 Å². The summed E-state index contributed by atoms with van der Waals surface area (Å²) in [5.41, 5.74) is 9.89. The first-order valence-corrected chi connectivity index (χ1v) is 4.54. The van der Waals surface area contributed by atoms with Crippen molar-refractivity contribution in [2.24, 2.45) is 11.5 Å². The first-order chi connectivity index (χ1) is 7.70. The molecule has 1 amide bonds. The van der Waals surface area contributed by atoms with Crippen LogP contribution < -0.4 is 16.9 Å². The van der Waals surface area contributed by atoms with E-state index < -0.39 is 5.91 Å². The number of pyridine rings is 2. The molecule has 0 radical (unpaired) electrons. The fraction of sp³-hybridized carbons (Fsp3) is 0.100. The number of nitrogens with one attached hydrogen (secondary N) is 1. The fourth-order valence-electron chi connectivity index (χ4n) is 1.31. The zero-order valence-electron chi connectivity index (χ0n) is 8.73. The van der Waals surface area contributed by atoms with Crippen LogP contribution in [0.1, 0.15) is 10.5 Å². The van der Waals surface area contributed by atoms with Gasteiger partial charge in [-0.1, -0.05) is 0 Å². The summed E-state index contributed by atoms with van der Waals surface area (Å²) in [5, 5.41) is 0.238. The normalized spacial score (nSPS) is 9.38. The number of primary amides is 1. The number of amides is 1. The molecule has 2 aromatic rings. The molecular formula is C10H12N4O2. The first-order valence-electron chi connectivity index (χ1n) is 4.54. The Hall–Kier alpha value is -2.21. The predicted molar refractivity (Wildman–Crippen MR) is 61.0 cm³/mol. The number of fused-ring (bicyclic) bond motifs is 1. The van der Waals surface area contributed by atoms with E-state index in [0.717, 1.165) is 0 Å². The van der Waals surface area contributed by atoms with Gasteiger partial charge in [0.05, 0.1) is 10.9 Å². The molecule has 16 heavy (non-hydrogen) atoms. The van der Waals surface area contributed by atoms with Crippen LogP contribution in [0.2, 0.25) is 0 Å². The van der Waals surface area contributed by atoms with Crippen LogP contribution in [0, 0.1) is 0 Å². The maximum absolute atomic E-state index is 11.4. The molecule has 0 aliphatic rings. The minimum Gasteiger partial charge on any atom is -0.364 e. The van der Waals surface area contributed by atoms with Crippen LogP contribution in [0.4, 0.5) is 0 Å². The number of aromatic amines is 1. The van der Waals surface area contributed by atoms with Gasteiger partial charge in [0.1, 0.15) is 5.69 Å². The topological polar surface area (TPSA) is 115 Å². The highest BCUT2D eigenvalue weighted by molar-refractivity contribution is 6.03. The SMILES string of the molecule is CN.NC(=O)c1nccc2[nH]ccc(=O)c12. The van der Waals surface area contributed by atoms with Crippen LogP contribution in [-0.2, 0) is 0 Å². The second-order valence-electron chi connectivity index (χ2n) is 2.79. The van der Waals surface area contributed by atoms with Gasteiger partial charge < -0.3 is 16.5 Å². The van der Waals surface area contributed by atoms with E-state index >= 15 is 0 Å². The van der Waals surface area contributed by atoms with Gasteiger partial charge in [-0.15, -0.1) is 0 Å². The lowest BCUT2D eigenvalue weighted by Crippen LogP contribution is -2.17. The molecule has 0 aliphatic carbocycles. The van der Waals surface area contributed by atoms with Gasteiger partial charge in [0.2, 0.25) is 0 Å². The van der Waals surface area contributed by atoms with Gasteiger partial charge in [-0.05, 0) is 13.1 Å². The molecular weight excluding hydrogens is 208 g/mol. The highest BCUT2D eigenvalue weighted by Crippen LogP contribution is 2.08. The molecule has 6 heteroatoms. The van der Waals surface area contributed by atoms with Crippen molar-refractivity contribution >= 4 is 16.8 Å². The Morgan fingerprint density at radius 3 is 2.69 bits per heavy atom. The second-order valence-corrected chi connectivity index (χ2v) is 2.79. The number of rotatable bonds is 1. The van der Waals surface area contributed by atoms with E-state index in [9.17, 15) is 9.59 Å². The van der Waals surface area contributed by atoms with E-state index in [1.54, 1.807) is 6.07 Å². The molecule has 2 heterocycles. The van der Waals surface area contributed by atoms with E-state index in [1.165, 1.54) is 25.5 Å². The summed E-state index contributed by atoms with van der Waals surface area (Å²) in [6.45, 7) is 0. The fourth-order valence-corrected chi connectivity index (χ4v) is 1.31. The molecule has 6 nitrogen and oxygen atoms in total. The molecule has 2 aromatic heterocycles. The first kappa shape index (κ1) is 11.9. The average Bonchev–Trinajstić information content (AvgIpc) is 2.31. The summed E-state index contributed by atoms with van der Waals surface area (Å²) >= 11 is 0. The van der Waals surface area contributed by atoms with Gasteiger partial charge in [0.15, 0.2) is 5.43 Å². The molecule has 2 rings (SSSR count). The van der Waals surface area contributed by atoms with Crippen LogP contribution in [0.25, 0.3) is 10.9 Å². The summed E-state index contributed by atoms with van der Waals surface area (Å²) in [5.74, 6) is -0.702. The Kier molecular flexibility index (Phi) is 3.73. The average molecular weight is 220 g/mol. The number of nitrogens with two attached hydrogens (primary N) is 2. The minimum atomic E-state index is -0.702. The Morgan fingerprint density at radius 2 is 2.06 bits per heavy atom.